The Morgan fingerprint density at radius 2 is 1.65 bits per heavy atom. The van der Waals surface area contributed by atoms with Crippen molar-refractivity contribution in [2.75, 3.05) is 24.6 Å². The molecule has 4 N–H and O–H groups in total. The Hall–Kier alpha value is -1.85. The highest BCUT2D eigenvalue weighted by Gasteiger charge is 2.35. The van der Waals surface area contributed by atoms with Gasteiger partial charge in [0.05, 0.1) is 23.8 Å². The zero-order valence-electron chi connectivity index (χ0n) is 13.9. The monoisotopic (exact) mass is 485 g/mol. The van der Waals surface area contributed by atoms with E-state index in [1.165, 1.54) is 6.92 Å². The lowest BCUT2D eigenvalue weighted by atomic mass is 9.82. The number of anilines is 2. The van der Waals surface area contributed by atoms with Crippen LogP contribution in [-0.2, 0) is 9.63 Å². The fourth-order valence-corrected chi connectivity index (χ4v) is 3.59. The number of carbonyl (C=O) groups is 1. The maximum Gasteiger partial charge on any atom is 0.322 e. The van der Waals surface area contributed by atoms with Gasteiger partial charge in [-0.2, -0.15) is 0 Å². The Morgan fingerprint density at radius 3 is 2.15 bits per heavy atom. The number of aromatic nitrogens is 4. The van der Waals surface area contributed by atoms with Gasteiger partial charge in [-0.1, -0.05) is 0 Å². The molecule has 0 saturated carbocycles. The molecule has 2 atom stereocenters. The molecule has 1 saturated heterocycles. The lowest BCUT2D eigenvalue weighted by molar-refractivity contribution is -0.194. The minimum atomic E-state index is -0.359. The molecule has 2 unspecified atom stereocenters. The Kier molecular flexibility index (Phi) is 5.68. The summed E-state index contributed by atoms with van der Waals surface area (Å²) in [4.78, 5) is 34.0. The highest BCUT2D eigenvalue weighted by molar-refractivity contribution is 9.10. The molecule has 0 spiro atoms. The zero-order valence-corrected chi connectivity index (χ0v) is 17.1. The standard InChI is InChI=1S/C15H17Br2N7O2/c1-7(25)26-24-3-2-8(10-4-20-14(18)12(16)22-10)9(6-24)11-5-21-15(19)13(17)23-11/h4-5,8-9H,2-3,6H2,1H3,(H2,18,20)(H2,19,21). The van der Waals surface area contributed by atoms with E-state index in [2.05, 4.69) is 51.8 Å². The first-order valence-electron chi connectivity index (χ1n) is 7.84. The average molecular weight is 487 g/mol. The van der Waals surface area contributed by atoms with E-state index in [-0.39, 0.29) is 17.8 Å². The molecule has 138 valence electrons. The molecule has 0 radical (unpaired) electrons. The molecule has 0 bridgehead atoms. The summed E-state index contributed by atoms with van der Waals surface area (Å²) >= 11 is 6.64. The van der Waals surface area contributed by atoms with Crippen molar-refractivity contribution < 1.29 is 9.63 Å². The Bertz CT molecular complexity index is 836. The van der Waals surface area contributed by atoms with Crippen molar-refractivity contribution in [1.82, 2.24) is 25.0 Å². The quantitative estimate of drug-likeness (QED) is 0.667. The molecule has 1 aliphatic heterocycles. The van der Waals surface area contributed by atoms with E-state index >= 15 is 0 Å². The second-order valence-electron chi connectivity index (χ2n) is 5.91. The second kappa shape index (κ2) is 7.80. The van der Waals surface area contributed by atoms with E-state index in [1.54, 1.807) is 17.5 Å². The molecule has 0 amide bonds. The minimum Gasteiger partial charge on any atom is -0.381 e. The topological polar surface area (TPSA) is 133 Å². The fraction of sp³-hybridized carbons (Fsp3) is 0.400. The maximum absolute atomic E-state index is 11.3. The molecule has 0 aliphatic carbocycles. The summed E-state index contributed by atoms with van der Waals surface area (Å²) in [6.45, 7) is 2.41. The zero-order chi connectivity index (χ0) is 18.8. The van der Waals surface area contributed by atoms with Gasteiger partial charge in [-0.15, -0.1) is 5.06 Å². The number of piperidine rings is 1. The van der Waals surface area contributed by atoms with Crippen molar-refractivity contribution in [3.63, 3.8) is 0 Å². The van der Waals surface area contributed by atoms with Crippen LogP contribution in [0.15, 0.2) is 21.6 Å². The van der Waals surface area contributed by atoms with Gasteiger partial charge in [-0.05, 0) is 38.3 Å². The molecule has 11 heteroatoms. The van der Waals surface area contributed by atoms with Crippen LogP contribution in [0, 0.1) is 0 Å². The molecular formula is C15H17Br2N7O2. The number of halogens is 2. The Labute approximate surface area is 166 Å². The van der Waals surface area contributed by atoms with Gasteiger partial charge in [0.15, 0.2) is 11.6 Å². The highest BCUT2D eigenvalue weighted by atomic mass is 79.9. The third kappa shape index (κ3) is 4.10. The average Bonchev–Trinajstić information content (AvgIpc) is 2.59. The first-order valence-corrected chi connectivity index (χ1v) is 9.43. The third-order valence-corrected chi connectivity index (χ3v) is 5.31. The van der Waals surface area contributed by atoms with Crippen LogP contribution in [0.2, 0.25) is 0 Å². The van der Waals surface area contributed by atoms with Crippen LogP contribution in [0.4, 0.5) is 11.6 Å². The highest BCUT2D eigenvalue weighted by Crippen LogP contribution is 2.39. The molecule has 9 nitrogen and oxygen atoms in total. The minimum absolute atomic E-state index is 0.0102. The molecule has 3 heterocycles. The number of hydroxylamine groups is 2. The largest absolute Gasteiger partial charge is 0.381 e. The van der Waals surface area contributed by atoms with E-state index in [4.69, 9.17) is 16.3 Å². The van der Waals surface area contributed by atoms with Crippen molar-refractivity contribution in [2.45, 2.75) is 25.2 Å². The molecule has 3 rings (SSSR count). The van der Waals surface area contributed by atoms with Gasteiger partial charge in [0.2, 0.25) is 0 Å². The number of nitrogen functional groups attached to an aromatic ring is 2. The molecular weight excluding hydrogens is 470 g/mol. The van der Waals surface area contributed by atoms with Crippen molar-refractivity contribution in [2.24, 2.45) is 0 Å². The van der Waals surface area contributed by atoms with Crippen LogP contribution in [-0.4, -0.2) is 44.1 Å². The number of carbonyl (C=O) groups excluding carboxylic acids is 1. The van der Waals surface area contributed by atoms with Gasteiger partial charge in [-0.25, -0.2) is 19.9 Å². The van der Waals surface area contributed by atoms with Crippen LogP contribution in [0.5, 0.6) is 0 Å². The van der Waals surface area contributed by atoms with Gasteiger partial charge in [0, 0.05) is 31.8 Å². The summed E-state index contributed by atoms with van der Waals surface area (Å²) in [6, 6.07) is 0. The Morgan fingerprint density at radius 1 is 1.12 bits per heavy atom. The van der Waals surface area contributed by atoms with Gasteiger partial charge < -0.3 is 16.3 Å². The van der Waals surface area contributed by atoms with Crippen molar-refractivity contribution in [3.8, 4) is 0 Å². The second-order valence-corrected chi connectivity index (χ2v) is 7.42. The van der Waals surface area contributed by atoms with Crippen molar-refractivity contribution in [1.29, 1.82) is 0 Å². The first kappa shape index (κ1) is 18.9. The lowest BCUT2D eigenvalue weighted by Gasteiger charge is -2.36. The van der Waals surface area contributed by atoms with E-state index in [0.29, 0.717) is 40.4 Å². The van der Waals surface area contributed by atoms with E-state index in [0.717, 1.165) is 11.4 Å². The number of hydrogen-bond acceptors (Lipinski definition) is 9. The number of rotatable bonds is 3. The number of nitrogens with zero attached hydrogens (tertiary/aromatic N) is 5. The predicted molar refractivity (Wildman–Crippen MR) is 102 cm³/mol. The third-order valence-electron chi connectivity index (χ3n) is 4.14. The summed E-state index contributed by atoms with van der Waals surface area (Å²) < 4.78 is 0.976. The van der Waals surface area contributed by atoms with E-state index in [9.17, 15) is 4.79 Å². The van der Waals surface area contributed by atoms with Gasteiger partial charge in [0.25, 0.3) is 0 Å². The summed E-state index contributed by atoms with van der Waals surface area (Å²) in [5.41, 5.74) is 13.0. The Balaban J connectivity index is 1.96. The predicted octanol–water partition coefficient (Wildman–Crippen LogP) is 2.01. The SMILES string of the molecule is CC(=O)ON1CCC(c2cnc(N)c(Br)n2)C(c2cnc(N)c(Br)n2)C1. The fourth-order valence-electron chi connectivity index (χ4n) is 2.97. The van der Waals surface area contributed by atoms with Crippen molar-refractivity contribution in [3.05, 3.63) is 33.0 Å². The van der Waals surface area contributed by atoms with Gasteiger partial charge >= 0.3 is 5.97 Å². The van der Waals surface area contributed by atoms with Crippen molar-refractivity contribution >= 4 is 49.5 Å². The van der Waals surface area contributed by atoms with Crippen LogP contribution in [0.25, 0.3) is 0 Å². The number of nitrogens with two attached hydrogens (primary N) is 2. The first-order chi connectivity index (χ1) is 12.3. The molecule has 2 aromatic rings. The summed E-state index contributed by atoms with van der Waals surface area (Å²) in [5.74, 6) is 0.181. The summed E-state index contributed by atoms with van der Waals surface area (Å²) in [6.07, 6.45) is 4.00. The lowest BCUT2D eigenvalue weighted by Crippen LogP contribution is -2.40. The van der Waals surface area contributed by atoms with Crippen LogP contribution in [0.3, 0.4) is 0 Å². The molecule has 1 aliphatic rings. The normalized spacial score (nSPS) is 20.7. The van der Waals surface area contributed by atoms with Crippen LogP contribution < -0.4 is 11.5 Å². The summed E-state index contributed by atoms with van der Waals surface area (Å²) in [5, 5.41) is 1.63. The maximum atomic E-state index is 11.3. The molecule has 2 aromatic heterocycles. The van der Waals surface area contributed by atoms with E-state index in [1.807, 2.05) is 0 Å². The molecule has 0 aromatic carbocycles. The van der Waals surface area contributed by atoms with Gasteiger partial charge in [-0.3, -0.25) is 4.79 Å². The van der Waals surface area contributed by atoms with Gasteiger partial charge in [0.1, 0.15) is 9.21 Å². The smallest absolute Gasteiger partial charge is 0.322 e. The van der Waals surface area contributed by atoms with Crippen LogP contribution in [0.1, 0.15) is 36.6 Å². The van der Waals surface area contributed by atoms with E-state index < -0.39 is 0 Å². The number of hydrogen-bond donors (Lipinski definition) is 2. The molecule has 1 fully saturated rings. The molecule has 26 heavy (non-hydrogen) atoms. The van der Waals surface area contributed by atoms with Crippen LogP contribution >= 0.6 is 31.9 Å². The summed E-state index contributed by atoms with van der Waals surface area (Å²) in [7, 11) is 0.